The predicted octanol–water partition coefficient (Wildman–Crippen LogP) is 4.50. The number of nitrogens with one attached hydrogen (secondary N) is 1. The zero-order valence-corrected chi connectivity index (χ0v) is 16.3. The summed E-state index contributed by atoms with van der Waals surface area (Å²) in [5, 5.41) is 12.7. The van der Waals surface area contributed by atoms with Crippen molar-refractivity contribution in [3.8, 4) is 11.5 Å². The number of nitrogens with zero attached hydrogens (tertiary/aromatic N) is 1. The van der Waals surface area contributed by atoms with E-state index >= 15 is 0 Å². The van der Waals surface area contributed by atoms with E-state index in [0.717, 1.165) is 0 Å². The van der Waals surface area contributed by atoms with E-state index < -0.39 is 14.5 Å². The SMILES string of the molecule is CCCC.CCOc1cc(C(Nc2cccnc2)O[PH](=O)O)ccc1O. The molecule has 0 aliphatic heterocycles. The minimum absolute atomic E-state index is 0.0117. The summed E-state index contributed by atoms with van der Waals surface area (Å²) in [6, 6.07) is 8.05. The van der Waals surface area contributed by atoms with Crippen LogP contribution in [0.25, 0.3) is 0 Å². The largest absolute Gasteiger partial charge is 0.504 e. The third kappa shape index (κ3) is 7.87. The molecule has 26 heavy (non-hydrogen) atoms. The molecule has 144 valence electrons. The van der Waals surface area contributed by atoms with Crippen molar-refractivity contribution in [3.05, 3.63) is 48.3 Å². The van der Waals surface area contributed by atoms with Gasteiger partial charge in [0.05, 0.1) is 18.5 Å². The van der Waals surface area contributed by atoms with Crippen molar-refractivity contribution in [1.82, 2.24) is 4.98 Å². The molecule has 0 aliphatic carbocycles. The number of anilines is 1. The van der Waals surface area contributed by atoms with Crippen molar-refractivity contribution >= 4 is 13.9 Å². The molecule has 2 rings (SSSR count). The predicted molar refractivity (Wildman–Crippen MR) is 103 cm³/mol. The van der Waals surface area contributed by atoms with Crippen LogP contribution < -0.4 is 10.1 Å². The van der Waals surface area contributed by atoms with Crippen molar-refractivity contribution in [2.75, 3.05) is 11.9 Å². The summed E-state index contributed by atoms with van der Waals surface area (Å²) in [6.07, 6.45) is 4.94. The highest BCUT2D eigenvalue weighted by Crippen LogP contribution is 2.34. The average molecular weight is 382 g/mol. The molecule has 0 amide bonds. The van der Waals surface area contributed by atoms with Gasteiger partial charge in [-0.15, -0.1) is 0 Å². The first-order chi connectivity index (χ1) is 12.5. The summed E-state index contributed by atoms with van der Waals surface area (Å²) in [7, 11) is -3.17. The second-order valence-electron chi connectivity index (χ2n) is 5.31. The highest BCUT2D eigenvalue weighted by molar-refractivity contribution is 7.32. The van der Waals surface area contributed by atoms with Crippen LogP contribution in [0.1, 0.15) is 45.4 Å². The number of ether oxygens (including phenoxy) is 1. The monoisotopic (exact) mass is 382 g/mol. The zero-order valence-electron chi connectivity index (χ0n) is 15.3. The summed E-state index contributed by atoms with van der Waals surface area (Å²) in [5.41, 5.74) is 1.17. The van der Waals surface area contributed by atoms with Crippen LogP contribution in [0.5, 0.6) is 11.5 Å². The highest BCUT2D eigenvalue weighted by atomic mass is 31.1. The van der Waals surface area contributed by atoms with Crippen LogP contribution in [0.15, 0.2) is 42.7 Å². The van der Waals surface area contributed by atoms with Gasteiger partial charge in [-0.2, -0.15) is 0 Å². The molecule has 1 aromatic carbocycles. The molecule has 0 radical (unpaired) electrons. The Labute approximate surface area is 155 Å². The molecule has 2 unspecified atom stereocenters. The molecule has 7 nitrogen and oxygen atoms in total. The second kappa shape index (κ2) is 12.3. The molecule has 1 aromatic heterocycles. The number of aromatic nitrogens is 1. The van der Waals surface area contributed by atoms with Crippen molar-refractivity contribution in [3.63, 3.8) is 0 Å². The van der Waals surface area contributed by atoms with Crippen LogP contribution in [-0.2, 0) is 9.09 Å². The number of phenolic OH excluding ortho intramolecular Hbond substituents is 1. The fourth-order valence-electron chi connectivity index (χ4n) is 1.85. The molecule has 2 atom stereocenters. The van der Waals surface area contributed by atoms with Crippen molar-refractivity contribution < 1.29 is 23.8 Å². The Balaban J connectivity index is 0.000000765. The molecule has 0 fully saturated rings. The molecule has 0 saturated carbocycles. The molecule has 0 bridgehead atoms. The molecule has 3 N–H and O–H groups in total. The van der Waals surface area contributed by atoms with Gasteiger partial charge < -0.3 is 20.1 Å². The summed E-state index contributed by atoms with van der Waals surface area (Å²) < 4.78 is 21.4. The van der Waals surface area contributed by atoms with E-state index in [2.05, 4.69) is 24.1 Å². The number of unbranched alkanes of at least 4 members (excludes halogenated alkanes) is 1. The molecule has 1 heterocycles. The second-order valence-corrected chi connectivity index (χ2v) is 6.08. The molecule has 0 spiro atoms. The first-order valence-corrected chi connectivity index (χ1v) is 9.79. The van der Waals surface area contributed by atoms with E-state index in [9.17, 15) is 9.67 Å². The van der Waals surface area contributed by atoms with Gasteiger partial charge in [0.2, 0.25) is 0 Å². The van der Waals surface area contributed by atoms with Gasteiger partial charge in [0.25, 0.3) is 0 Å². The van der Waals surface area contributed by atoms with E-state index in [0.29, 0.717) is 17.9 Å². The third-order valence-electron chi connectivity index (χ3n) is 3.26. The van der Waals surface area contributed by atoms with Crippen LogP contribution in [0, 0.1) is 0 Å². The molecule has 0 saturated heterocycles. The van der Waals surface area contributed by atoms with Crippen molar-refractivity contribution in [2.45, 2.75) is 39.8 Å². The fourth-order valence-corrected chi connectivity index (χ4v) is 2.24. The lowest BCUT2D eigenvalue weighted by molar-refractivity contribution is 0.215. The van der Waals surface area contributed by atoms with Crippen LogP contribution in [0.4, 0.5) is 5.69 Å². The Morgan fingerprint density at radius 3 is 2.50 bits per heavy atom. The topological polar surface area (TPSA) is 101 Å². The van der Waals surface area contributed by atoms with E-state index in [-0.39, 0.29) is 11.5 Å². The minimum Gasteiger partial charge on any atom is -0.504 e. The van der Waals surface area contributed by atoms with Crippen LogP contribution in [0.2, 0.25) is 0 Å². The fraction of sp³-hybridized carbons (Fsp3) is 0.389. The van der Waals surface area contributed by atoms with Gasteiger partial charge in [0.1, 0.15) is 0 Å². The zero-order chi connectivity index (χ0) is 19.4. The van der Waals surface area contributed by atoms with Crippen LogP contribution in [-0.4, -0.2) is 21.6 Å². The van der Waals surface area contributed by atoms with Gasteiger partial charge in [-0.3, -0.25) is 14.1 Å². The van der Waals surface area contributed by atoms with E-state index in [1.807, 2.05) is 0 Å². The lowest BCUT2D eigenvalue weighted by Crippen LogP contribution is -2.12. The van der Waals surface area contributed by atoms with Crippen molar-refractivity contribution in [1.29, 1.82) is 0 Å². The Morgan fingerprint density at radius 2 is 1.96 bits per heavy atom. The van der Waals surface area contributed by atoms with Gasteiger partial charge in [0, 0.05) is 11.8 Å². The summed E-state index contributed by atoms with van der Waals surface area (Å²) >= 11 is 0. The highest BCUT2D eigenvalue weighted by Gasteiger charge is 2.17. The Kier molecular flexibility index (Phi) is 10.4. The van der Waals surface area contributed by atoms with Crippen LogP contribution >= 0.6 is 8.25 Å². The van der Waals surface area contributed by atoms with Crippen molar-refractivity contribution in [2.24, 2.45) is 0 Å². The summed E-state index contributed by atoms with van der Waals surface area (Å²) in [5.74, 6) is 0.265. The van der Waals surface area contributed by atoms with Gasteiger partial charge >= 0.3 is 8.25 Å². The lowest BCUT2D eigenvalue weighted by atomic mass is 10.1. The number of aromatic hydroxyl groups is 1. The molecule has 0 aliphatic rings. The van der Waals surface area contributed by atoms with E-state index in [1.54, 1.807) is 43.6 Å². The Morgan fingerprint density at radius 1 is 1.23 bits per heavy atom. The normalized spacial score (nSPS) is 12.5. The van der Waals surface area contributed by atoms with Gasteiger partial charge in [-0.25, -0.2) is 0 Å². The lowest BCUT2D eigenvalue weighted by Gasteiger charge is -2.20. The Hall–Kier alpha value is -2.08. The van der Waals surface area contributed by atoms with Gasteiger partial charge in [-0.1, -0.05) is 32.8 Å². The standard InChI is InChI=1S/C14H17N2O5P.C4H10/c1-2-20-13-8-10(5-6-12(13)17)14(21-22(18)19)16-11-4-3-7-15-9-11;1-3-4-2/h3-9,14,16-17,22H,2H2,1H3,(H,18,19);3-4H2,1-2H3. The third-order valence-corrected chi connectivity index (χ3v) is 3.70. The number of phenols is 1. The first kappa shape index (κ1) is 22.0. The maximum atomic E-state index is 11.1. The summed E-state index contributed by atoms with van der Waals surface area (Å²) in [4.78, 5) is 13.0. The molecular formula is C18H27N2O5P. The van der Waals surface area contributed by atoms with Crippen LogP contribution in [0.3, 0.4) is 0 Å². The Bertz CT molecular complexity index is 668. The number of hydrogen-bond acceptors (Lipinski definition) is 6. The maximum absolute atomic E-state index is 11.1. The number of pyridine rings is 1. The average Bonchev–Trinajstić information content (AvgIpc) is 2.64. The number of benzene rings is 1. The molecular weight excluding hydrogens is 355 g/mol. The molecule has 2 aromatic rings. The van der Waals surface area contributed by atoms with Gasteiger partial charge in [-0.05, 0) is 31.2 Å². The smallest absolute Gasteiger partial charge is 0.318 e. The minimum atomic E-state index is -3.17. The number of rotatable bonds is 8. The van der Waals surface area contributed by atoms with E-state index in [1.165, 1.54) is 18.9 Å². The first-order valence-electron chi connectivity index (χ1n) is 8.53. The quantitative estimate of drug-likeness (QED) is 0.456. The molecule has 8 heteroatoms. The van der Waals surface area contributed by atoms with Gasteiger partial charge in [0.15, 0.2) is 17.7 Å². The maximum Gasteiger partial charge on any atom is 0.318 e. The van der Waals surface area contributed by atoms with E-state index in [4.69, 9.17) is 14.2 Å². The number of hydrogen-bond donors (Lipinski definition) is 3. The summed E-state index contributed by atoms with van der Waals surface area (Å²) in [6.45, 7) is 6.54.